The summed E-state index contributed by atoms with van der Waals surface area (Å²) in [6.07, 6.45) is 1.93. The first-order valence-electron chi connectivity index (χ1n) is 24.7. The van der Waals surface area contributed by atoms with Crippen LogP contribution < -0.4 is 0 Å². The van der Waals surface area contributed by atoms with Crippen LogP contribution in [0.4, 0.5) is 0 Å². The Labute approximate surface area is 435 Å². The van der Waals surface area contributed by atoms with Crippen LogP contribution in [0, 0.1) is 33.8 Å². The molecule has 0 amide bonds. The third-order valence-corrected chi connectivity index (χ3v) is 14.3. The summed E-state index contributed by atoms with van der Waals surface area (Å²) in [7, 11) is 0. The fraction of sp³-hybridized carbons (Fsp3) is 0.242. The summed E-state index contributed by atoms with van der Waals surface area (Å²) >= 11 is 0. The van der Waals surface area contributed by atoms with Crippen molar-refractivity contribution >= 4 is 32.6 Å². The van der Waals surface area contributed by atoms with Crippen LogP contribution in [0.3, 0.4) is 0 Å². The number of aromatic hydroxyl groups is 1. The number of aryl methyl sites for hydroxylation is 4. The molecule has 360 valence electrons. The number of imidazole rings is 1. The van der Waals surface area contributed by atoms with Gasteiger partial charge in [0, 0.05) is 44.1 Å². The minimum atomic E-state index is -0.345. The molecule has 0 unspecified atom stereocenters. The molecule has 0 aliphatic rings. The summed E-state index contributed by atoms with van der Waals surface area (Å²) in [5, 5.41) is 16.9. The maximum atomic E-state index is 12.7. The first kappa shape index (κ1) is 49.4. The zero-order chi connectivity index (χ0) is 49.6. The molecule has 71 heavy (non-hydrogen) atoms. The molecule has 0 radical (unpaired) electrons. The standard InChI is InChI=1S/C66H64N3O.Pt/c1-39-32-40(2)58(41(3)33-39)46-30-31-67-55(35-46)45-24-26-50-52(34-45)60-49(42(4)59(50)44-22-18-15-19-23-44)27-29-57-61(60)68-63(53-37-48(65(8,9)10)38-54(62(53)70)66(11,12)13)69(57)56-28-25-47(64(5,6)7)36-51(56)43-20-16-14-17-21-43;/h14-33,35-38,70H,1-13H3;/q-1;. The average Bonchev–Trinajstić information content (AvgIpc) is 3.70. The molecule has 1 N–H and O–H groups in total. The Morgan fingerprint density at radius 1 is 0.549 bits per heavy atom. The number of nitrogens with zero attached hydrogens (tertiary/aromatic N) is 3. The van der Waals surface area contributed by atoms with Crippen LogP contribution in [0.5, 0.6) is 5.75 Å². The van der Waals surface area contributed by atoms with E-state index >= 15 is 0 Å². The molecule has 0 spiro atoms. The maximum Gasteiger partial charge on any atom is 0.148 e. The first-order valence-corrected chi connectivity index (χ1v) is 24.7. The monoisotopic (exact) mass is 1110 g/mol. The van der Waals surface area contributed by atoms with E-state index in [1.807, 2.05) is 6.20 Å². The van der Waals surface area contributed by atoms with E-state index in [-0.39, 0.29) is 43.1 Å². The van der Waals surface area contributed by atoms with Gasteiger partial charge in [0.2, 0.25) is 0 Å². The smallest absolute Gasteiger partial charge is 0.148 e. The van der Waals surface area contributed by atoms with Crippen LogP contribution in [-0.2, 0) is 37.3 Å². The van der Waals surface area contributed by atoms with Gasteiger partial charge in [-0.1, -0.05) is 176 Å². The van der Waals surface area contributed by atoms with Crippen molar-refractivity contribution in [2.24, 2.45) is 0 Å². The number of aromatic nitrogens is 3. The predicted molar refractivity (Wildman–Crippen MR) is 297 cm³/mol. The first-order chi connectivity index (χ1) is 33.2. The number of hydrogen-bond acceptors (Lipinski definition) is 3. The van der Waals surface area contributed by atoms with Crippen molar-refractivity contribution in [1.82, 2.24) is 14.5 Å². The van der Waals surface area contributed by atoms with Crippen molar-refractivity contribution < 1.29 is 26.2 Å². The van der Waals surface area contributed by atoms with E-state index in [1.54, 1.807) is 0 Å². The van der Waals surface area contributed by atoms with Crippen molar-refractivity contribution in [2.75, 3.05) is 0 Å². The Balaban J connectivity index is 0.00000624. The third-order valence-electron chi connectivity index (χ3n) is 14.3. The number of benzene rings is 8. The zero-order valence-electron chi connectivity index (χ0n) is 43.5. The summed E-state index contributed by atoms with van der Waals surface area (Å²) in [6, 6.07) is 54.4. The normalized spacial score (nSPS) is 12.2. The van der Waals surface area contributed by atoms with Crippen LogP contribution in [0.2, 0.25) is 0 Å². The second kappa shape index (κ2) is 18.2. The summed E-state index contributed by atoms with van der Waals surface area (Å²) < 4.78 is 2.31. The number of rotatable bonds is 6. The fourth-order valence-corrected chi connectivity index (χ4v) is 10.7. The van der Waals surface area contributed by atoms with E-state index in [1.165, 1.54) is 38.9 Å². The van der Waals surface area contributed by atoms with Gasteiger partial charge < -0.3 is 5.11 Å². The van der Waals surface area contributed by atoms with Gasteiger partial charge in [-0.15, -0.1) is 23.6 Å². The molecular formula is C66H64N3OPt-. The van der Waals surface area contributed by atoms with E-state index in [4.69, 9.17) is 9.97 Å². The van der Waals surface area contributed by atoms with Crippen molar-refractivity contribution in [3.8, 4) is 67.5 Å². The summed E-state index contributed by atoms with van der Waals surface area (Å²) in [5.41, 5.74) is 19.7. The molecule has 0 atom stereocenters. The Hall–Kier alpha value is -6.61. The number of phenols is 1. The molecule has 8 aromatic carbocycles. The molecular weight excluding hydrogens is 1050 g/mol. The molecule has 0 saturated heterocycles. The van der Waals surface area contributed by atoms with Crippen LogP contribution in [0.1, 0.15) is 101 Å². The van der Waals surface area contributed by atoms with Gasteiger partial charge in [0.15, 0.2) is 0 Å². The molecule has 0 aliphatic carbocycles. The molecule has 0 aliphatic heterocycles. The molecule has 10 aromatic rings. The van der Waals surface area contributed by atoms with Crippen molar-refractivity contribution in [2.45, 2.75) is 106 Å². The van der Waals surface area contributed by atoms with Crippen molar-refractivity contribution in [1.29, 1.82) is 0 Å². The Kier molecular flexibility index (Phi) is 12.7. The number of pyridine rings is 1. The molecule has 4 nitrogen and oxygen atoms in total. The predicted octanol–water partition coefficient (Wildman–Crippen LogP) is 17.7. The van der Waals surface area contributed by atoms with Crippen LogP contribution >= 0.6 is 0 Å². The van der Waals surface area contributed by atoms with E-state index < -0.39 is 0 Å². The van der Waals surface area contributed by atoms with Gasteiger partial charge in [-0.05, 0) is 141 Å². The number of hydrogen-bond donors (Lipinski definition) is 1. The second-order valence-electron chi connectivity index (χ2n) is 22.6. The van der Waals surface area contributed by atoms with E-state index in [2.05, 4.69) is 240 Å². The van der Waals surface area contributed by atoms with Gasteiger partial charge in [0.1, 0.15) is 11.6 Å². The quantitative estimate of drug-likeness (QED) is 0.133. The second-order valence-corrected chi connectivity index (χ2v) is 22.6. The topological polar surface area (TPSA) is 50.9 Å². The maximum absolute atomic E-state index is 12.7. The van der Waals surface area contributed by atoms with Gasteiger partial charge in [0.25, 0.3) is 0 Å². The van der Waals surface area contributed by atoms with Crippen LogP contribution in [0.25, 0.3) is 94.3 Å². The fourth-order valence-electron chi connectivity index (χ4n) is 10.7. The zero-order valence-corrected chi connectivity index (χ0v) is 45.7. The summed E-state index contributed by atoms with van der Waals surface area (Å²) in [5.74, 6) is 0.935. The third kappa shape index (κ3) is 8.84. The van der Waals surface area contributed by atoms with Crippen LogP contribution in [0.15, 0.2) is 146 Å². The average molecular weight is 1110 g/mol. The summed E-state index contributed by atoms with van der Waals surface area (Å²) in [6.45, 7) is 28.8. The molecule has 0 bridgehead atoms. The SMILES string of the molecule is Cc1cc(C)c(-c2ccnc(-c3[c-]c4c(cc3)c(-c3ccccc3)c(C)c3ccc5c(nc(-c6cc(C(C)(C)C)cc(C(C)(C)C)c6O)n5-c5ccc(C(C)(C)C)cc5-c5ccccc5)c34)c2)c(C)c1.[Pt]. The van der Waals surface area contributed by atoms with E-state index in [0.717, 1.165) is 82.9 Å². The van der Waals surface area contributed by atoms with Gasteiger partial charge in [-0.2, -0.15) is 0 Å². The van der Waals surface area contributed by atoms with Crippen LogP contribution in [-0.4, -0.2) is 19.6 Å². The van der Waals surface area contributed by atoms with Crippen molar-refractivity contribution in [3.63, 3.8) is 0 Å². The minimum Gasteiger partial charge on any atom is -0.507 e. The Morgan fingerprint density at radius 3 is 1.80 bits per heavy atom. The molecule has 0 saturated carbocycles. The van der Waals surface area contributed by atoms with E-state index in [0.29, 0.717) is 11.4 Å². The largest absolute Gasteiger partial charge is 0.507 e. The van der Waals surface area contributed by atoms with E-state index in [9.17, 15) is 5.11 Å². The Morgan fingerprint density at radius 2 is 1.17 bits per heavy atom. The molecule has 2 heterocycles. The van der Waals surface area contributed by atoms with Crippen molar-refractivity contribution in [3.05, 3.63) is 191 Å². The summed E-state index contributed by atoms with van der Waals surface area (Å²) in [4.78, 5) is 10.9. The molecule has 5 heteroatoms. The van der Waals surface area contributed by atoms with Gasteiger partial charge in [0.05, 0.1) is 22.3 Å². The minimum absolute atomic E-state index is 0. The van der Waals surface area contributed by atoms with Gasteiger partial charge >= 0.3 is 0 Å². The van der Waals surface area contributed by atoms with Gasteiger partial charge in [-0.25, -0.2) is 4.98 Å². The molecule has 10 rings (SSSR count). The van der Waals surface area contributed by atoms with Gasteiger partial charge in [-0.3, -0.25) is 9.55 Å². The molecule has 2 aromatic heterocycles. The number of fused-ring (bicyclic) bond motifs is 5. The number of phenolic OH excluding ortho intramolecular Hbond substituents is 1. The molecule has 0 fully saturated rings. The Bertz CT molecular complexity index is 3670.